The van der Waals surface area contributed by atoms with Crippen LogP contribution in [-0.4, -0.2) is 18.5 Å². The van der Waals surface area contributed by atoms with E-state index in [0.29, 0.717) is 10.2 Å². The summed E-state index contributed by atoms with van der Waals surface area (Å²) in [6, 6.07) is 1.74. The highest BCUT2D eigenvalue weighted by Crippen LogP contribution is 2.35. The molecule has 94 valence electrons. The molecule has 2 rings (SSSR count). The van der Waals surface area contributed by atoms with Gasteiger partial charge in [-0.3, -0.25) is 4.79 Å². The van der Waals surface area contributed by atoms with E-state index >= 15 is 0 Å². The lowest BCUT2D eigenvalue weighted by atomic mass is 9.88. The van der Waals surface area contributed by atoms with E-state index < -0.39 is 5.60 Å². The predicted octanol–water partition coefficient (Wildman–Crippen LogP) is 3.96. The van der Waals surface area contributed by atoms with E-state index in [4.69, 9.17) is 9.15 Å². The van der Waals surface area contributed by atoms with Crippen molar-refractivity contribution >= 4 is 21.7 Å². The highest BCUT2D eigenvalue weighted by molar-refractivity contribution is 9.10. The predicted molar refractivity (Wildman–Crippen MR) is 68.2 cm³/mol. The summed E-state index contributed by atoms with van der Waals surface area (Å²) >= 11 is 3.34. The molecule has 0 aliphatic heterocycles. The molecule has 1 fully saturated rings. The molecule has 0 spiro atoms. The summed E-state index contributed by atoms with van der Waals surface area (Å²) in [5.74, 6) is 0.354. The fraction of sp³-hybridized carbons (Fsp3) is 0.615. The maximum absolute atomic E-state index is 12.5. The molecule has 0 unspecified atom stereocenters. The van der Waals surface area contributed by atoms with Crippen LogP contribution in [0.1, 0.15) is 49.1 Å². The molecule has 1 aliphatic carbocycles. The minimum atomic E-state index is -0.684. The molecule has 0 radical (unpaired) electrons. The molecule has 0 bridgehead atoms. The van der Waals surface area contributed by atoms with Gasteiger partial charge in [0.05, 0.1) is 10.7 Å². The standard InChI is InChI=1S/C13H17BrO3/c1-16-13(7-4-2-3-5-8-13)12(15)11-10(14)6-9-17-11/h6,9H,2-5,7-8H2,1H3. The molecule has 1 aromatic rings. The molecule has 17 heavy (non-hydrogen) atoms. The molecule has 0 aromatic carbocycles. The van der Waals surface area contributed by atoms with Crippen LogP contribution in [0.15, 0.2) is 21.2 Å². The normalized spacial score (nSPS) is 19.9. The summed E-state index contributed by atoms with van der Waals surface area (Å²) in [7, 11) is 1.63. The summed E-state index contributed by atoms with van der Waals surface area (Å²) in [4.78, 5) is 12.5. The maximum Gasteiger partial charge on any atom is 0.230 e. The average Bonchev–Trinajstić information content (AvgIpc) is 2.64. The van der Waals surface area contributed by atoms with E-state index in [9.17, 15) is 4.79 Å². The molecule has 0 amide bonds. The second-order valence-electron chi connectivity index (χ2n) is 4.54. The van der Waals surface area contributed by atoms with Crippen molar-refractivity contribution in [2.24, 2.45) is 0 Å². The fourth-order valence-electron chi connectivity index (χ4n) is 2.49. The van der Waals surface area contributed by atoms with Gasteiger partial charge in [0, 0.05) is 7.11 Å². The van der Waals surface area contributed by atoms with Crippen molar-refractivity contribution in [1.82, 2.24) is 0 Å². The highest BCUT2D eigenvalue weighted by Gasteiger charge is 2.41. The molecule has 1 aromatic heterocycles. The Bertz CT molecular complexity index is 389. The van der Waals surface area contributed by atoms with E-state index in [0.717, 1.165) is 25.7 Å². The van der Waals surface area contributed by atoms with Crippen molar-refractivity contribution in [1.29, 1.82) is 0 Å². The van der Waals surface area contributed by atoms with Gasteiger partial charge in [0.25, 0.3) is 0 Å². The number of ether oxygens (including phenoxy) is 1. The molecular formula is C13H17BrO3. The number of furan rings is 1. The second kappa shape index (κ2) is 5.36. The smallest absolute Gasteiger partial charge is 0.230 e. The molecule has 1 saturated carbocycles. The van der Waals surface area contributed by atoms with E-state index in [-0.39, 0.29) is 5.78 Å². The molecule has 4 heteroatoms. The number of rotatable bonds is 3. The van der Waals surface area contributed by atoms with Crippen molar-refractivity contribution in [3.8, 4) is 0 Å². The Morgan fingerprint density at radius 2 is 2.00 bits per heavy atom. The van der Waals surface area contributed by atoms with Crippen LogP contribution in [0, 0.1) is 0 Å². The first-order valence-electron chi connectivity index (χ1n) is 6.02. The van der Waals surface area contributed by atoms with Crippen LogP contribution >= 0.6 is 15.9 Å². The second-order valence-corrected chi connectivity index (χ2v) is 5.39. The molecule has 0 atom stereocenters. The third-order valence-corrected chi connectivity index (χ3v) is 4.16. The number of carbonyl (C=O) groups excluding carboxylic acids is 1. The number of methoxy groups -OCH3 is 1. The topological polar surface area (TPSA) is 39.4 Å². The van der Waals surface area contributed by atoms with Gasteiger partial charge in [0.2, 0.25) is 5.78 Å². The summed E-state index contributed by atoms with van der Waals surface area (Å²) in [5, 5.41) is 0. The maximum atomic E-state index is 12.5. The SMILES string of the molecule is COC1(C(=O)c2occc2Br)CCCCCC1. The van der Waals surface area contributed by atoms with Crippen LogP contribution in [-0.2, 0) is 4.74 Å². The number of halogens is 1. The number of Topliss-reactive ketones (excluding diaryl/α,β-unsaturated/α-hetero) is 1. The van der Waals surface area contributed by atoms with Crippen LogP contribution in [0.2, 0.25) is 0 Å². The fourth-order valence-corrected chi connectivity index (χ4v) is 2.87. The molecule has 0 saturated heterocycles. The Morgan fingerprint density at radius 1 is 1.35 bits per heavy atom. The third-order valence-electron chi connectivity index (χ3n) is 3.54. The van der Waals surface area contributed by atoms with Gasteiger partial charge in [-0.2, -0.15) is 0 Å². The lowest BCUT2D eigenvalue weighted by Crippen LogP contribution is -2.40. The Morgan fingerprint density at radius 3 is 2.47 bits per heavy atom. The van der Waals surface area contributed by atoms with Crippen LogP contribution in [0.5, 0.6) is 0 Å². The molecule has 1 aliphatic rings. The summed E-state index contributed by atoms with van der Waals surface area (Å²) in [5.41, 5.74) is -0.684. The molecular weight excluding hydrogens is 284 g/mol. The zero-order valence-electron chi connectivity index (χ0n) is 10.0. The van der Waals surface area contributed by atoms with E-state index in [1.54, 1.807) is 13.2 Å². The Hall–Kier alpha value is -0.610. The van der Waals surface area contributed by atoms with Crippen molar-refractivity contribution < 1.29 is 13.9 Å². The number of hydrogen-bond acceptors (Lipinski definition) is 3. The van der Waals surface area contributed by atoms with Gasteiger partial charge in [-0.25, -0.2) is 0 Å². The van der Waals surface area contributed by atoms with Crippen molar-refractivity contribution in [2.75, 3.05) is 7.11 Å². The van der Waals surface area contributed by atoms with Gasteiger partial charge < -0.3 is 9.15 Å². The number of ketones is 1. The Labute approximate surface area is 110 Å². The largest absolute Gasteiger partial charge is 0.460 e. The lowest BCUT2D eigenvalue weighted by Gasteiger charge is -2.28. The van der Waals surface area contributed by atoms with E-state index in [2.05, 4.69) is 15.9 Å². The minimum Gasteiger partial charge on any atom is -0.460 e. The molecule has 1 heterocycles. The van der Waals surface area contributed by atoms with Crippen molar-refractivity contribution in [3.05, 3.63) is 22.6 Å². The average molecular weight is 301 g/mol. The highest BCUT2D eigenvalue weighted by atomic mass is 79.9. The van der Waals surface area contributed by atoms with Gasteiger partial charge in [-0.05, 0) is 34.8 Å². The monoisotopic (exact) mass is 300 g/mol. The van der Waals surface area contributed by atoms with Gasteiger partial charge in [-0.1, -0.05) is 25.7 Å². The molecule has 0 N–H and O–H groups in total. The zero-order valence-corrected chi connectivity index (χ0v) is 11.6. The van der Waals surface area contributed by atoms with Crippen LogP contribution in [0.4, 0.5) is 0 Å². The van der Waals surface area contributed by atoms with Crippen LogP contribution in [0.25, 0.3) is 0 Å². The van der Waals surface area contributed by atoms with Crippen LogP contribution in [0.3, 0.4) is 0 Å². The first kappa shape index (κ1) is 12.8. The first-order valence-corrected chi connectivity index (χ1v) is 6.82. The van der Waals surface area contributed by atoms with Gasteiger partial charge in [0.15, 0.2) is 5.76 Å². The van der Waals surface area contributed by atoms with Crippen molar-refractivity contribution in [2.45, 2.75) is 44.1 Å². The van der Waals surface area contributed by atoms with Crippen LogP contribution < -0.4 is 0 Å². The summed E-state index contributed by atoms with van der Waals surface area (Å²) in [6.07, 6.45) is 7.54. The van der Waals surface area contributed by atoms with Gasteiger partial charge in [0.1, 0.15) is 5.60 Å². The number of hydrogen-bond donors (Lipinski definition) is 0. The summed E-state index contributed by atoms with van der Waals surface area (Å²) in [6.45, 7) is 0. The minimum absolute atomic E-state index is 0.0289. The lowest BCUT2D eigenvalue weighted by molar-refractivity contribution is -0.00897. The van der Waals surface area contributed by atoms with Gasteiger partial charge >= 0.3 is 0 Å². The first-order chi connectivity index (χ1) is 8.19. The summed E-state index contributed by atoms with van der Waals surface area (Å²) < 4.78 is 11.6. The quantitative estimate of drug-likeness (QED) is 0.626. The van der Waals surface area contributed by atoms with E-state index in [1.165, 1.54) is 19.1 Å². The number of carbonyl (C=O) groups is 1. The zero-order chi connectivity index (χ0) is 12.3. The van der Waals surface area contributed by atoms with E-state index in [1.807, 2.05) is 0 Å². The Kier molecular flexibility index (Phi) is 4.05. The molecule has 3 nitrogen and oxygen atoms in total. The third kappa shape index (κ3) is 2.47. The van der Waals surface area contributed by atoms with Crippen molar-refractivity contribution in [3.63, 3.8) is 0 Å². The Balaban J connectivity index is 2.28. The van der Waals surface area contributed by atoms with Gasteiger partial charge in [-0.15, -0.1) is 0 Å².